The molecule has 0 bridgehead atoms. The van der Waals surface area contributed by atoms with Crippen molar-refractivity contribution in [2.45, 2.75) is 32.9 Å². The maximum atomic E-state index is 12.4. The van der Waals surface area contributed by atoms with Crippen molar-refractivity contribution in [3.8, 4) is 11.5 Å². The Morgan fingerprint density at radius 3 is 2.25 bits per heavy atom. The zero-order chi connectivity index (χ0) is 18.1. The molecule has 0 aromatic heterocycles. The lowest BCUT2D eigenvalue weighted by Gasteiger charge is -2.56. The number of hydrogen-bond donors (Lipinski definition) is 2. The van der Waals surface area contributed by atoms with Gasteiger partial charge in [-0.05, 0) is 15.9 Å². The number of benzene rings is 1. The van der Waals surface area contributed by atoms with Crippen molar-refractivity contribution in [2.75, 3.05) is 26.6 Å². The van der Waals surface area contributed by atoms with Crippen LogP contribution in [0.3, 0.4) is 0 Å². The van der Waals surface area contributed by atoms with Crippen molar-refractivity contribution in [3.05, 3.63) is 16.6 Å². The van der Waals surface area contributed by atoms with E-state index in [2.05, 4.69) is 47.3 Å². The molecular formula is C17H25BrN2O4. The number of anilines is 1. The van der Waals surface area contributed by atoms with Gasteiger partial charge in [0.05, 0.1) is 26.0 Å². The molecule has 1 aromatic carbocycles. The third-order valence-corrected chi connectivity index (χ3v) is 5.46. The largest absolute Gasteiger partial charge is 0.493 e. The van der Waals surface area contributed by atoms with Gasteiger partial charge in [0.25, 0.3) is 0 Å². The molecule has 3 atom stereocenters. The van der Waals surface area contributed by atoms with Gasteiger partial charge in [-0.15, -0.1) is 0 Å². The maximum absolute atomic E-state index is 12.4. The highest BCUT2D eigenvalue weighted by atomic mass is 79.9. The quantitative estimate of drug-likeness (QED) is 0.791. The molecule has 0 spiro atoms. The topological polar surface area (TPSA) is 68.8 Å². The smallest absolute Gasteiger partial charge is 0.319 e. The first kappa shape index (κ1) is 18.9. The van der Waals surface area contributed by atoms with Crippen molar-refractivity contribution >= 4 is 27.6 Å². The van der Waals surface area contributed by atoms with E-state index < -0.39 is 0 Å². The molecule has 0 heterocycles. The van der Waals surface area contributed by atoms with Crippen LogP contribution < -0.4 is 20.1 Å². The van der Waals surface area contributed by atoms with Gasteiger partial charge in [-0.25, -0.2) is 4.79 Å². The Bertz CT molecular complexity index is 621. The van der Waals surface area contributed by atoms with Crippen LogP contribution in [0.4, 0.5) is 10.5 Å². The van der Waals surface area contributed by atoms with E-state index in [0.717, 1.165) is 0 Å². The molecule has 1 aliphatic rings. The Labute approximate surface area is 151 Å². The number of urea groups is 1. The lowest BCUT2D eigenvalue weighted by Crippen LogP contribution is -2.68. The van der Waals surface area contributed by atoms with E-state index in [9.17, 15) is 4.79 Å². The summed E-state index contributed by atoms with van der Waals surface area (Å²) < 4.78 is 16.7. The van der Waals surface area contributed by atoms with E-state index in [1.807, 2.05) is 0 Å². The fourth-order valence-electron chi connectivity index (χ4n) is 3.67. The van der Waals surface area contributed by atoms with Gasteiger partial charge in [0.1, 0.15) is 0 Å². The number of rotatable bonds is 5. The number of amides is 2. The summed E-state index contributed by atoms with van der Waals surface area (Å²) in [5.41, 5.74) is 0.499. The first-order chi connectivity index (χ1) is 11.3. The molecule has 0 aliphatic heterocycles. The minimum Gasteiger partial charge on any atom is -0.493 e. The summed E-state index contributed by atoms with van der Waals surface area (Å²) in [6.07, 6.45) is 0.135. The first-order valence-electron chi connectivity index (χ1n) is 7.78. The molecule has 7 heteroatoms. The van der Waals surface area contributed by atoms with Gasteiger partial charge in [0.2, 0.25) is 0 Å². The van der Waals surface area contributed by atoms with E-state index in [0.29, 0.717) is 21.7 Å². The minimum atomic E-state index is -0.262. The minimum absolute atomic E-state index is 0.0429. The molecule has 1 fully saturated rings. The van der Waals surface area contributed by atoms with Crippen LogP contribution in [0.5, 0.6) is 11.5 Å². The SMILES string of the molecule is COc1cc(Br)c(NC(=O)N[C@@H]2[C@@H](C)[C@H](OC)C2(C)C)cc1OC. The normalized spacial score (nSPS) is 24.7. The molecule has 24 heavy (non-hydrogen) atoms. The summed E-state index contributed by atoms with van der Waals surface area (Å²) in [4.78, 5) is 12.4. The van der Waals surface area contributed by atoms with E-state index in [-0.39, 0.29) is 29.5 Å². The third-order valence-electron chi connectivity index (χ3n) is 4.80. The molecular weight excluding hydrogens is 376 g/mol. The maximum Gasteiger partial charge on any atom is 0.319 e. The molecule has 6 nitrogen and oxygen atoms in total. The van der Waals surface area contributed by atoms with Crippen molar-refractivity contribution in [2.24, 2.45) is 11.3 Å². The zero-order valence-electron chi connectivity index (χ0n) is 14.9. The average Bonchev–Trinajstić information content (AvgIpc) is 2.54. The Hall–Kier alpha value is -1.47. The van der Waals surface area contributed by atoms with Crippen LogP contribution in [0.15, 0.2) is 16.6 Å². The zero-order valence-corrected chi connectivity index (χ0v) is 16.5. The molecule has 1 aromatic rings. The standard InChI is InChI=1S/C17H25BrN2O4/c1-9-14(17(2,3)15(9)24-6)20-16(21)19-11-8-13(23-5)12(22-4)7-10(11)18/h7-9,14-15H,1-6H3,(H2,19,20,21)/t9-,14-,15+/m1/s1. The Morgan fingerprint density at radius 2 is 1.75 bits per heavy atom. The lowest BCUT2D eigenvalue weighted by atomic mass is 9.58. The van der Waals surface area contributed by atoms with Gasteiger partial charge >= 0.3 is 6.03 Å². The molecule has 2 amide bonds. The fraction of sp³-hybridized carbons (Fsp3) is 0.588. The van der Waals surface area contributed by atoms with E-state index in [1.54, 1.807) is 33.5 Å². The predicted molar refractivity (Wildman–Crippen MR) is 96.9 cm³/mol. The highest BCUT2D eigenvalue weighted by Crippen LogP contribution is 2.47. The molecule has 2 N–H and O–H groups in total. The summed E-state index contributed by atoms with van der Waals surface area (Å²) in [7, 11) is 4.83. The van der Waals surface area contributed by atoms with E-state index >= 15 is 0 Å². The third kappa shape index (κ3) is 3.32. The van der Waals surface area contributed by atoms with E-state index in [1.165, 1.54) is 0 Å². The summed E-state index contributed by atoms with van der Waals surface area (Å²) >= 11 is 3.43. The highest BCUT2D eigenvalue weighted by molar-refractivity contribution is 9.10. The van der Waals surface area contributed by atoms with Crippen molar-refractivity contribution in [1.29, 1.82) is 0 Å². The van der Waals surface area contributed by atoms with Crippen LogP contribution in [0.2, 0.25) is 0 Å². The molecule has 0 radical (unpaired) electrons. The van der Waals surface area contributed by atoms with Crippen molar-refractivity contribution in [1.82, 2.24) is 5.32 Å². The van der Waals surface area contributed by atoms with Gasteiger partial charge in [-0.1, -0.05) is 20.8 Å². The molecule has 0 saturated heterocycles. The Kier molecular flexibility index (Phi) is 5.65. The van der Waals surface area contributed by atoms with Crippen LogP contribution >= 0.6 is 15.9 Å². The van der Waals surface area contributed by atoms with Crippen LogP contribution in [0.25, 0.3) is 0 Å². The van der Waals surface area contributed by atoms with Gasteiger partial charge in [-0.2, -0.15) is 0 Å². The van der Waals surface area contributed by atoms with E-state index in [4.69, 9.17) is 14.2 Å². The van der Waals surface area contributed by atoms with Gasteiger partial charge in [-0.3, -0.25) is 0 Å². The number of methoxy groups -OCH3 is 3. The number of halogens is 1. The molecule has 1 aliphatic carbocycles. The summed E-state index contributed by atoms with van der Waals surface area (Å²) in [5.74, 6) is 1.39. The molecule has 1 saturated carbocycles. The monoisotopic (exact) mass is 400 g/mol. The van der Waals surface area contributed by atoms with Crippen LogP contribution in [-0.2, 0) is 4.74 Å². The van der Waals surface area contributed by atoms with Crippen LogP contribution in [0.1, 0.15) is 20.8 Å². The van der Waals surface area contributed by atoms with Crippen LogP contribution in [-0.4, -0.2) is 39.5 Å². The fourth-order valence-corrected chi connectivity index (χ4v) is 4.10. The van der Waals surface area contributed by atoms with Gasteiger partial charge < -0.3 is 24.8 Å². The van der Waals surface area contributed by atoms with Crippen LogP contribution in [0, 0.1) is 11.3 Å². The molecule has 134 valence electrons. The predicted octanol–water partition coefficient (Wildman–Crippen LogP) is 3.65. The molecule has 2 rings (SSSR count). The number of nitrogens with one attached hydrogen (secondary N) is 2. The highest BCUT2D eigenvalue weighted by Gasteiger charge is 2.55. The summed E-state index contributed by atoms with van der Waals surface area (Å²) in [6, 6.07) is 3.25. The average molecular weight is 401 g/mol. The van der Waals surface area contributed by atoms with Gasteiger partial charge in [0.15, 0.2) is 11.5 Å². The summed E-state index contributed by atoms with van der Waals surface area (Å²) in [5, 5.41) is 5.89. The van der Waals surface area contributed by atoms with Crippen molar-refractivity contribution < 1.29 is 19.0 Å². The second kappa shape index (κ2) is 7.19. The second-order valence-corrected chi connectivity index (χ2v) is 7.45. The van der Waals surface area contributed by atoms with Gasteiger partial charge in [0, 0.05) is 41.1 Å². The number of hydrogen-bond acceptors (Lipinski definition) is 4. The molecule has 0 unspecified atom stereocenters. The van der Waals surface area contributed by atoms with Crippen molar-refractivity contribution in [3.63, 3.8) is 0 Å². The first-order valence-corrected chi connectivity index (χ1v) is 8.57. The Morgan fingerprint density at radius 1 is 1.17 bits per heavy atom. The number of ether oxygens (including phenoxy) is 3. The Balaban J connectivity index is 2.08. The lowest BCUT2D eigenvalue weighted by molar-refractivity contribution is -0.140. The summed E-state index contributed by atoms with van der Waals surface area (Å²) in [6.45, 7) is 6.27. The second-order valence-electron chi connectivity index (χ2n) is 6.60. The number of carbonyl (C=O) groups is 1. The number of carbonyl (C=O) groups excluding carboxylic acids is 1.